The van der Waals surface area contributed by atoms with Crippen molar-refractivity contribution in [3.8, 4) is 11.3 Å². The Morgan fingerprint density at radius 3 is 2.75 bits per heavy atom. The van der Waals surface area contributed by atoms with Crippen LogP contribution in [0.15, 0.2) is 41.9 Å². The lowest BCUT2D eigenvalue weighted by Gasteiger charge is -1.97. The molecule has 3 aromatic rings. The van der Waals surface area contributed by atoms with Gasteiger partial charge in [0.25, 0.3) is 0 Å². The molecule has 0 N–H and O–H groups in total. The molecule has 0 aliphatic heterocycles. The van der Waals surface area contributed by atoms with E-state index in [2.05, 4.69) is 15.3 Å². The van der Waals surface area contributed by atoms with Crippen molar-refractivity contribution in [1.29, 1.82) is 0 Å². The van der Waals surface area contributed by atoms with Crippen LogP contribution in [-0.4, -0.2) is 15.3 Å². The zero-order chi connectivity index (χ0) is 13.9. The van der Waals surface area contributed by atoms with Gasteiger partial charge in [0.1, 0.15) is 9.88 Å². The molecule has 0 unspecified atom stereocenters. The highest BCUT2D eigenvalue weighted by molar-refractivity contribution is 7.12. The number of nitrogens with zero attached hydrogens (tertiary/aromatic N) is 4. The first kappa shape index (κ1) is 12.9. The van der Waals surface area contributed by atoms with Gasteiger partial charge >= 0.3 is 0 Å². The number of benzene rings is 1. The molecule has 0 aliphatic carbocycles. The van der Waals surface area contributed by atoms with Crippen molar-refractivity contribution in [2.75, 3.05) is 0 Å². The van der Waals surface area contributed by atoms with E-state index in [1.54, 1.807) is 4.68 Å². The summed E-state index contributed by atoms with van der Waals surface area (Å²) in [7, 11) is 1.84. The van der Waals surface area contributed by atoms with Gasteiger partial charge < -0.3 is 5.41 Å². The molecule has 98 valence electrons. The predicted octanol–water partition coefficient (Wildman–Crippen LogP) is 2.76. The average Bonchev–Trinajstić information content (AvgIpc) is 3.11. The van der Waals surface area contributed by atoms with Crippen molar-refractivity contribution in [3.63, 3.8) is 0 Å². The Labute approximate surface area is 124 Å². The summed E-state index contributed by atoms with van der Waals surface area (Å²) in [6.07, 6.45) is 1.84. The minimum Gasteiger partial charge on any atom is -0.763 e. The second-order valence-electron chi connectivity index (χ2n) is 4.13. The van der Waals surface area contributed by atoms with E-state index in [4.69, 9.17) is 0 Å². The van der Waals surface area contributed by atoms with Crippen molar-refractivity contribution in [2.45, 2.75) is 0 Å². The quantitative estimate of drug-likeness (QED) is 0.551. The number of aromatic nitrogens is 3. The Bertz CT molecular complexity index is 782. The van der Waals surface area contributed by atoms with Gasteiger partial charge in [-0.25, -0.2) is 4.98 Å². The smallest absolute Gasteiger partial charge is 0.217 e. The van der Waals surface area contributed by atoms with Crippen LogP contribution in [0.4, 0.5) is 0 Å². The Morgan fingerprint density at radius 1 is 1.30 bits per heavy atom. The van der Waals surface area contributed by atoms with Crippen LogP contribution in [0.3, 0.4) is 0 Å². The number of aryl methyl sites for hydroxylation is 1. The van der Waals surface area contributed by atoms with E-state index in [0.29, 0.717) is 5.57 Å². The molecule has 0 fully saturated rings. The standard InChI is InChI=1S/C14H10N4S2/c1-18-8-13(20-17-18)11(7-15)14-16-12(9-19-14)10-5-3-2-4-6-10/h2-6,8-9H,1H3. The number of hydrogen-bond donors (Lipinski definition) is 0. The maximum atomic E-state index is 9.37. The van der Waals surface area contributed by atoms with Gasteiger partial charge in [-0.15, -0.1) is 11.3 Å². The second-order valence-corrected chi connectivity index (χ2v) is 5.77. The molecule has 0 saturated heterocycles. The Hall–Kier alpha value is -2.14. The molecule has 0 amide bonds. The lowest BCUT2D eigenvalue weighted by Crippen LogP contribution is -2.27. The Morgan fingerprint density at radius 2 is 2.10 bits per heavy atom. The van der Waals surface area contributed by atoms with Crippen LogP contribution in [0, 0.1) is 0 Å². The molecule has 0 bridgehead atoms. The fourth-order valence-corrected chi connectivity index (χ4v) is 3.37. The van der Waals surface area contributed by atoms with Crippen LogP contribution < -0.4 is 4.68 Å². The molecule has 1 aromatic carbocycles. The van der Waals surface area contributed by atoms with Crippen LogP contribution in [0.5, 0.6) is 0 Å². The third kappa shape index (κ3) is 2.44. The molecule has 0 radical (unpaired) electrons. The molecule has 0 aliphatic rings. The van der Waals surface area contributed by atoms with Crippen LogP contribution in [0.2, 0.25) is 0 Å². The topological polar surface area (TPSA) is 52.0 Å². The van der Waals surface area contributed by atoms with Crippen molar-refractivity contribution >= 4 is 34.3 Å². The van der Waals surface area contributed by atoms with Crippen molar-refractivity contribution in [2.24, 2.45) is 7.05 Å². The normalized spacial score (nSPS) is 10.2. The van der Waals surface area contributed by atoms with E-state index in [1.807, 2.05) is 49.0 Å². The summed E-state index contributed by atoms with van der Waals surface area (Å²) in [5.41, 5.74) is 2.53. The highest BCUT2D eigenvalue weighted by Crippen LogP contribution is 2.29. The third-order valence-corrected chi connectivity index (χ3v) is 4.42. The number of rotatable bonds is 3. The summed E-state index contributed by atoms with van der Waals surface area (Å²) < 4.78 is 5.84. The molecule has 20 heavy (non-hydrogen) atoms. The lowest BCUT2D eigenvalue weighted by molar-refractivity contribution is -0.722. The molecule has 0 atom stereocenters. The van der Waals surface area contributed by atoms with E-state index in [0.717, 1.165) is 21.1 Å². The van der Waals surface area contributed by atoms with Gasteiger partial charge in [-0.2, -0.15) is 0 Å². The van der Waals surface area contributed by atoms with Gasteiger partial charge in [0.2, 0.25) is 6.20 Å². The van der Waals surface area contributed by atoms with E-state index < -0.39 is 0 Å². The van der Waals surface area contributed by atoms with Gasteiger partial charge in [0.15, 0.2) is 7.05 Å². The van der Waals surface area contributed by atoms with Crippen LogP contribution in [0.1, 0.15) is 9.88 Å². The summed E-state index contributed by atoms with van der Waals surface area (Å²) >= 11 is 2.78. The van der Waals surface area contributed by atoms with E-state index in [9.17, 15) is 5.41 Å². The van der Waals surface area contributed by atoms with Crippen molar-refractivity contribution < 1.29 is 4.68 Å². The first-order chi connectivity index (χ1) is 9.78. The van der Waals surface area contributed by atoms with Gasteiger partial charge in [0.05, 0.1) is 15.8 Å². The molecule has 0 saturated carbocycles. The van der Waals surface area contributed by atoms with Crippen LogP contribution in [-0.2, 0) is 7.05 Å². The molecule has 6 heteroatoms. The van der Waals surface area contributed by atoms with Gasteiger partial charge in [0, 0.05) is 22.5 Å². The second kappa shape index (κ2) is 5.46. The molecular formula is C14H10N4S2. The molecule has 2 heterocycles. The highest BCUT2D eigenvalue weighted by Gasteiger charge is 2.15. The average molecular weight is 298 g/mol. The number of hydrogen-bond acceptors (Lipinski definition) is 4. The summed E-state index contributed by atoms with van der Waals surface area (Å²) in [6, 6.07) is 9.95. The van der Waals surface area contributed by atoms with Gasteiger partial charge in [-0.3, -0.25) is 5.87 Å². The molecule has 0 spiro atoms. The minimum absolute atomic E-state index is 0.579. The van der Waals surface area contributed by atoms with Gasteiger partial charge in [-0.1, -0.05) is 35.0 Å². The lowest BCUT2D eigenvalue weighted by atomic mass is 10.2. The molecule has 4 nitrogen and oxygen atoms in total. The number of thiazole rings is 1. The summed E-state index contributed by atoms with van der Waals surface area (Å²) in [6.45, 7) is 0. The molecular weight excluding hydrogens is 288 g/mol. The largest absolute Gasteiger partial charge is 0.763 e. The predicted molar refractivity (Wildman–Crippen MR) is 81.7 cm³/mol. The highest BCUT2D eigenvalue weighted by atomic mass is 32.1. The SMILES string of the molecule is C[n+]1cc(C(=C=[N-])c2nc(-c3ccccc3)cs2)sn1. The molecule has 2 aromatic heterocycles. The maximum Gasteiger partial charge on any atom is 0.217 e. The van der Waals surface area contributed by atoms with Gasteiger partial charge in [-0.05, 0) is 0 Å². The third-order valence-electron chi connectivity index (χ3n) is 2.72. The first-order valence-electron chi connectivity index (χ1n) is 5.89. The minimum atomic E-state index is 0.579. The summed E-state index contributed by atoms with van der Waals surface area (Å²) in [4.78, 5) is 5.40. The van der Waals surface area contributed by atoms with Crippen molar-refractivity contribution in [1.82, 2.24) is 9.47 Å². The zero-order valence-electron chi connectivity index (χ0n) is 10.6. The first-order valence-corrected chi connectivity index (χ1v) is 7.54. The van der Waals surface area contributed by atoms with Crippen molar-refractivity contribution in [3.05, 3.63) is 57.2 Å². The van der Waals surface area contributed by atoms with Crippen LogP contribution >= 0.6 is 22.9 Å². The van der Waals surface area contributed by atoms with Crippen LogP contribution in [0.25, 0.3) is 22.2 Å². The zero-order valence-corrected chi connectivity index (χ0v) is 12.3. The summed E-state index contributed by atoms with van der Waals surface area (Å²) in [5.74, 6) is 2.23. The molecule has 3 rings (SSSR count). The Kier molecular flexibility index (Phi) is 3.52. The maximum absolute atomic E-state index is 9.37. The fourth-order valence-electron chi connectivity index (χ4n) is 1.77. The summed E-state index contributed by atoms with van der Waals surface area (Å²) in [5, 5.41) is 12.1. The Balaban J connectivity index is 1.99. The monoisotopic (exact) mass is 298 g/mol. The fraction of sp³-hybridized carbons (Fsp3) is 0.0714. The van der Waals surface area contributed by atoms with E-state index in [-0.39, 0.29) is 0 Å². The van der Waals surface area contributed by atoms with E-state index in [1.165, 1.54) is 22.9 Å². The van der Waals surface area contributed by atoms with E-state index >= 15 is 0 Å².